The van der Waals surface area contributed by atoms with Crippen molar-refractivity contribution in [2.24, 2.45) is 0 Å². The fourth-order valence-corrected chi connectivity index (χ4v) is 2.67. The van der Waals surface area contributed by atoms with E-state index >= 15 is 0 Å². The zero-order valence-electron chi connectivity index (χ0n) is 10.1. The quantitative estimate of drug-likeness (QED) is 0.831. The molecule has 0 radical (unpaired) electrons. The molecule has 0 saturated heterocycles. The Morgan fingerprint density at radius 3 is 2.18 bits per heavy atom. The van der Waals surface area contributed by atoms with Crippen LogP contribution in [0.3, 0.4) is 0 Å². The molecule has 0 spiro atoms. The van der Waals surface area contributed by atoms with Gasteiger partial charge in [-0.3, -0.25) is 0 Å². The second-order valence-corrected chi connectivity index (χ2v) is 4.99. The molecule has 0 saturated carbocycles. The molecule has 1 nitrogen and oxygen atoms in total. The highest BCUT2D eigenvalue weighted by atomic mass is 32.2. The van der Waals surface area contributed by atoms with Crippen LogP contribution in [0.2, 0.25) is 0 Å². The van der Waals surface area contributed by atoms with Crippen molar-refractivity contribution in [2.45, 2.75) is 17.4 Å². The molecule has 17 heavy (non-hydrogen) atoms. The maximum atomic E-state index is 10.8. The Balaban J connectivity index is 2.51. The van der Waals surface area contributed by atoms with Crippen LogP contribution in [-0.4, -0.2) is 11.4 Å². The van der Waals surface area contributed by atoms with Gasteiger partial charge in [-0.25, -0.2) is 0 Å². The van der Waals surface area contributed by atoms with E-state index in [1.807, 2.05) is 67.8 Å². The third kappa shape index (κ3) is 2.38. The van der Waals surface area contributed by atoms with Crippen molar-refractivity contribution in [1.82, 2.24) is 0 Å². The van der Waals surface area contributed by atoms with E-state index < -0.39 is 5.60 Å². The van der Waals surface area contributed by atoms with Crippen molar-refractivity contribution in [1.29, 1.82) is 0 Å². The van der Waals surface area contributed by atoms with Crippen LogP contribution in [0.4, 0.5) is 0 Å². The molecule has 0 bridgehead atoms. The summed E-state index contributed by atoms with van der Waals surface area (Å²) >= 11 is 1.66. The minimum atomic E-state index is -0.944. The van der Waals surface area contributed by atoms with Gasteiger partial charge in [0.15, 0.2) is 0 Å². The molecule has 0 aliphatic rings. The second-order valence-electron chi connectivity index (χ2n) is 4.14. The van der Waals surface area contributed by atoms with Gasteiger partial charge in [0.05, 0.1) is 0 Å². The van der Waals surface area contributed by atoms with Crippen molar-refractivity contribution >= 4 is 11.8 Å². The lowest BCUT2D eigenvalue weighted by Crippen LogP contribution is -2.23. The predicted octanol–water partition coefficient (Wildman–Crippen LogP) is 3.66. The lowest BCUT2D eigenvalue weighted by molar-refractivity contribution is 0.0994. The van der Waals surface area contributed by atoms with Crippen molar-refractivity contribution in [3.05, 3.63) is 65.7 Å². The Bertz CT molecular complexity index is 491. The van der Waals surface area contributed by atoms with Gasteiger partial charge in [0.25, 0.3) is 0 Å². The standard InChI is InChI=1S/C15H16OS/c1-15(16,12-8-4-3-5-9-12)13-10-6-7-11-14(13)17-2/h3-11,16H,1-2H3. The first-order valence-electron chi connectivity index (χ1n) is 5.57. The van der Waals surface area contributed by atoms with Gasteiger partial charge in [-0.05, 0) is 24.8 Å². The molecule has 0 aromatic heterocycles. The Morgan fingerprint density at radius 2 is 1.53 bits per heavy atom. The zero-order chi connectivity index (χ0) is 12.3. The lowest BCUT2D eigenvalue weighted by Gasteiger charge is -2.26. The van der Waals surface area contributed by atoms with Gasteiger partial charge in [-0.1, -0.05) is 48.5 Å². The molecule has 2 rings (SSSR count). The van der Waals surface area contributed by atoms with Crippen LogP contribution in [0.15, 0.2) is 59.5 Å². The summed E-state index contributed by atoms with van der Waals surface area (Å²) in [7, 11) is 0. The van der Waals surface area contributed by atoms with Gasteiger partial charge in [0.2, 0.25) is 0 Å². The fraction of sp³-hybridized carbons (Fsp3) is 0.200. The van der Waals surface area contributed by atoms with E-state index in [-0.39, 0.29) is 0 Å². The Labute approximate surface area is 107 Å². The number of thioether (sulfide) groups is 1. The van der Waals surface area contributed by atoms with Crippen LogP contribution >= 0.6 is 11.8 Å². The summed E-state index contributed by atoms with van der Waals surface area (Å²) in [5.41, 5.74) is 0.932. The monoisotopic (exact) mass is 244 g/mol. The lowest BCUT2D eigenvalue weighted by atomic mass is 9.88. The minimum absolute atomic E-state index is 0.918. The van der Waals surface area contributed by atoms with E-state index in [9.17, 15) is 5.11 Å². The SMILES string of the molecule is CSc1ccccc1C(C)(O)c1ccccc1. The number of aliphatic hydroxyl groups is 1. The van der Waals surface area contributed by atoms with E-state index in [1.165, 1.54) is 0 Å². The molecule has 88 valence electrons. The largest absolute Gasteiger partial charge is 0.381 e. The summed E-state index contributed by atoms with van der Waals surface area (Å²) in [5.74, 6) is 0. The van der Waals surface area contributed by atoms with Crippen LogP contribution < -0.4 is 0 Å². The van der Waals surface area contributed by atoms with E-state index in [0.717, 1.165) is 16.0 Å². The predicted molar refractivity (Wildman–Crippen MR) is 73.3 cm³/mol. The molecule has 2 heteroatoms. The molecular weight excluding hydrogens is 228 g/mol. The summed E-state index contributed by atoms with van der Waals surface area (Å²) in [6, 6.07) is 17.8. The number of rotatable bonds is 3. The van der Waals surface area contributed by atoms with E-state index in [2.05, 4.69) is 0 Å². The Morgan fingerprint density at radius 1 is 0.941 bits per heavy atom. The van der Waals surface area contributed by atoms with Crippen LogP contribution in [0.5, 0.6) is 0 Å². The molecule has 0 fully saturated rings. The second kappa shape index (κ2) is 4.94. The summed E-state index contributed by atoms with van der Waals surface area (Å²) in [6.45, 7) is 1.84. The van der Waals surface area contributed by atoms with Crippen LogP contribution in [0.1, 0.15) is 18.1 Å². The van der Waals surface area contributed by atoms with E-state index in [0.29, 0.717) is 0 Å². The minimum Gasteiger partial charge on any atom is -0.381 e. The third-order valence-electron chi connectivity index (χ3n) is 2.97. The maximum absolute atomic E-state index is 10.8. The summed E-state index contributed by atoms with van der Waals surface area (Å²) in [5, 5.41) is 10.8. The van der Waals surface area contributed by atoms with E-state index in [4.69, 9.17) is 0 Å². The Hall–Kier alpha value is -1.25. The molecule has 0 heterocycles. The van der Waals surface area contributed by atoms with Crippen molar-refractivity contribution in [3.63, 3.8) is 0 Å². The van der Waals surface area contributed by atoms with Gasteiger partial charge in [-0.15, -0.1) is 11.8 Å². The first-order valence-corrected chi connectivity index (χ1v) is 6.80. The molecule has 1 N–H and O–H groups in total. The van der Waals surface area contributed by atoms with Crippen LogP contribution in [0, 0.1) is 0 Å². The highest BCUT2D eigenvalue weighted by Gasteiger charge is 2.27. The smallest absolute Gasteiger partial charge is 0.113 e. The van der Waals surface area contributed by atoms with Gasteiger partial charge in [0, 0.05) is 10.5 Å². The summed E-state index contributed by atoms with van der Waals surface area (Å²) in [6.07, 6.45) is 2.03. The van der Waals surface area contributed by atoms with Gasteiger partial charge in [0.1, 0.15) is 5.60 Å². The van der Waals surface area contributed by atoms with Crippen LogP contribution in [-0.2, 0) is 5.60 Å². The third-order valence-corrected chi connectivity index (χ3v) is 3.76. The van der Waals surface area contributed by atoms with Crippen LogP contribution in [0.25, 0.3) is 0 Å². The number of hydrogen-bond donors (Lipinski definition) is 1. The average Bonchev–Trinajstić information content (AvgIpc) is 2.39. The van der Waals surface area contributed by atoms with E-state index in [1.54, 1.807) is 11.8 Å². The van der Waals surface area contributed by atoms with Gasteiger partial charge < -0.3 is 5.11 Å². The Kier molecular flexibility index (Phi) is 3.55. The first-order chi connectivity index (χ1) is 8.16. The number of hydrogen-bond acceptors (Lipinski definition) is 2. The zero-order valence-corrected chi connectivity index (χ0v) is 10.9. The van der Waals surface area contributed by atoms with Gasteiger partial charge in [-0.2, -0.15) is 0 Å². The average molecular weight is 244 g/mol. The summed E-state index contributed by atoms with van der Waals surface area (Å²) in [4.78, 5) is 1.11. The molecule has 1 atom stereocenters. The maximum Gasteiger partial charge on any atom is 0.113 e. The molecule has 2 aromatic rings. The van der Waals surface area contributed by atoms with Crippen molar-refractivity contribution in [2.75, 3.05) is 6.26 Å². The fourth-order valence-electron chi connectivity index (χ4n) is 1.96. The van der Waals surface area contributed by atoms with Gasteiger partial charge >= 0.3 is 0 Å². The highest BCUT2D eigenvalue weighted by Crippen LogP contribution is 2.34. The molecule has 2 aromatic carbocycles. The summed E-state index contributed by atoms with van der Waals surface area (Å²) < 4.78 is 0. The molecule has 1 unspecified atom stereocenters. The topological polar surface area (TPSA) is 20.2 Å². The molecule has 0 aliphatic carbocycles. The highest BCUT2D eigenvalue weighted by molar-refractivity contribution is 7.98. The molecule has 0 amide bonds. The molecule has 0 aliphatic heterocycles. The first kappa shape index (κ1) is 12.2. The normalized spacial score (nSPS) is 14.3. The number of benzene rings is 2. The molecular formula is C15H16OS. The van der Waals surface area contributed by atoms with Crippen molar-refractivity contribution in [3.8, 4) is 0 Å². The van der Waals surface area contributed by atoms with Crippen molar-refractivity contribution < 1.29 is 5.11 Å².